The molecule has 1 aromatic carbocycles. The SMILES string of the molecule is COC(=O)c1nc(C)oc1-c1ccc(C)c(C)c1. The highest BCUT2D eigenvalue weighted by Crippen LogP contribution is 2.27. The molecule has 0 saturated heterocycles. The summed E-state index contributed by atoms with van der Waals surface area (Å²) < 4.78 is 10.2. The van der Waals surface area contributed by atoms with E-state index in [-0.39, 0.29) is 5.69 Å². The van der Waals surface area contributed by atoms with Crippen LogP contribution in [-0.4, -0.2) is 18.1 Å². The number of methoxy groups -OCH3 is 1. The molecule has 2 rings (SSSR count). The fourth-order valence-electron chi connectivity index (χ4n) is 1.74. The van der Waals surface area contributed by atoms with Crippen molar-refractivity contribution in [2.24, 2.45) is 0 Å². The lowest BCUT2D eigenvalue weighted by Crippen LogP contribution is -2.03. The van der Waals surface area contributed by atoms with Gasteiger partial charge < -0.3 is 9.15 Å². The summed E-state index contributed by atoms with van der Waals surface area (Å²) in [5.41, 5.74) is 3.38. The van der Waals surface area contributed by atoms with Crippen molar-refractivity contribution in [2.75, 3.05) is 7.11 Å². The van der Waals surface area contributed by atoms with Gasteiger partial charge in [0.2, 0.25) is 0 Å². The molecule has 0 amide bonds. The van der Waals surface area contributed by atoms with Crippen LogP contribution in [0.2, 0.25) is 0 Å². The van der Waals surface area contributed by atoms with Gasteiger partial charge in [0.25, 0.3) is 0 Å². The van der Waals surface area contributed by atoms with Gasteiger partial charge in [-0.15, -0.1) is 0 Å². The minimum atomic E-state index is -0.486. The van der Waals surface area contributed by atoms with Gasteiger partial charge in [0.1, 0.15) is 0 Å². The van der Waals surface area contributed by atoms with Crippen LogP contribution in [0.4, 0.5) is 0 Å². The van der Waals surface area contributed by atoms with Gasteiger partial charge in [0, 0.05) is 12.5 Å². The van der Waals surface area contributed by atoms with E-state index >= 15 is 0 Å². The molecule has 0 aliphatic heterocycles. The first-order valence-electron chi connectivity index (χ1n) is 5.66. The maximum atomic E-state index is 11.6. The number of aromatic nitrogens is 1. The van der Waals surface area contributed by atoms with E-state index in [4.69, 9.17) is 9.15 Å². The number of benzene rings is 1. The van der Waals surface area contributed by atoms with E-state index in [9.17, 15) is 4.79 Å². The average Bonchev–Trinajstić information content (AvgIpc) is 2.74. The number of ether oxygens (including phenoxy) is 1. The van der Waals surface area contributed by atoms with Gasteiger partial charge >= 0.3 is 5.97 Å². The molecule has 0 fully saturated rings. The van der Waals surface area contributed by atoms with Crippen molar-refractivity contribution in [3.05, 3.63) is 40.9 Å². The number of hydrogen-bond acceptors (Lipinski definition) is 4. The highest BCUT2D eigenvalue weighted by molar-refractivity contribution is 5.93. The number of carbonyl (C=O) groups excluding carboxylic acids is 1. The summed E-state index contributed by atoms with van der Waals surface area (Å²) in [4.78, 5) is 15.7. The molecular weight excluding hydrogens is 230 g/mol. The Labute approximate surface area is 106 Å². The molecule has 0 saturated carbocycles. The highest BCUT2D eigenvalue weighted by Gasteiger charge is 2.20. The molecule has 94 valence electrons. The Morgan fingerprint density at radius 1 is 1.22 bits per heavy atom. The monoisotopic (exact) mass is 245 g/mol. The zero-order valence-corrected chi connectivity index (χ0v) is 10.9. The summed E-state index contributed by atoms with van der Waals surface area (Å²) in [6.07, 6.45) is 0. The largest absolute Gasteiger partial charge is 0.464 e. The van der Waals surface area contributed by atoms with Crippen molar-refractivity contribution in [1.82, 2.24) is 4.98 Å². The number of hydrogen-bond donors (Lipinski definition) is 0. The van der Waals surface area contributed by atoms with Crippen molar-refractivity contribution in [3.63, 3.8) is 0 Å². The van der Waals surface area contributed by atoms with Crippen molar-refractivity contribution >= 4 is 5.97 Å². The second-order valence-corrected chi connectivity index (χ2v) is 4.20. The van der Waals surface area contributed by atoms with Crippen molar-refractivity contribution in [2.45, 2.75) is 20.8 Å². The van der Waals surface area contributed by atoms with Crippen LogP contribution in [-0.2, 0) is 4.74 Å². The quantitative estimate of drug-likeness (QED) is 0.763. The molecule has 2 aromatic rings. The third kappa shape index (κ3) is 2.14. The summed E-state index contributed by atoms with van der Waals surface area (Å²) in [5.74, 6) is 0.422. The van der Waals surface area contributed by atoms with E-state index in [2.05, 4.69) is 4.98 Å². The van der Waals surface area contributed by atoms with Crippen LogP contribution in [0.5, 0.6) is 0 Å². The Hall–Kier alpha value is -2.10. The number of nitrogens with zero attached hydrogens (tertiary/aromatic N) is 1. The summed E-state index contributed by atoms with van der Waals surface area (Å²) in [7, 11) is 1.33. The molecule has 0 unspecified atom stereocenters. The molecule has 1 aromatic heterocycles. The molecule has 0 aliphatic rings. The smallest absolute Gasteiger partial charge is 0.360 e. The molecule has 0 atom stereocenters. The Balaban J connectivity index is 2.56. The van der Waals surface area contributed by atoms with E-state index in [1.54, 1.807) is 6.92 Å². The van der Waals surface area contributed by atoms with E-state index in [0.717, 1.165) is 11.1 Å². The highest BCUT2D eigenvalue weighted by atomic mass is 16.5. The topological polar surface area (TPSA) is 52.3 Å². The standard InChI is InChI=1S/C14H15NO3/c1-8-5-6-11(7-9(8)2)13-12(14(16)17-4)15-10(3)18-13/h5-7H,1-4H3. The lowest BCUT2D eigenvalue weighted by molar-refractivity contribution is 0.0595. The van der Waals surface area contributed by atoms with E-state index in [1.807, 2.05) is 32.0 Å². The first-order chi connectivity index (χ1) is 8.52. The first-order valence-corrected chi connectivity index (χ1v) is 5.66. The van der Waals surface area contributed by atoms with Crippen LogP contribution in [0.15, 0.2) is 22.6 Å². The molecule has 0 radical (unpaired) electrons. The Morgan fingerprint density at radius 2 is 1.94 bits per heavy atom. The molecule has 4 heteroatoms. The maximum absolute atomic E-state index is 11.6. The number of rotatable bonds is 2. The first kappa shape index (κ1) is 12.4. The molecule has 0 N–H and O–H groups in total. The lowest BCUT2D eigenvalue weighted by Gasteiger charge is -2.03. The van der Waals surface area contributed by atoms with Crippen LogP contribution in [0.3, 0.4) is 0 Å². The van der Waals surface area contributed by atoms with Gasteiger partial charge in [-0.05, 0) is 31.0 Å². The lowest BCUT2D eigenvalue weighted by atomic mass is 10.0. The number of aryl methyl sites for hydroxylation is 3. The third-order valence-corrected chi connectivity index (χ3v) is 2.88. The number of esters is 1. The van der Waals surface area contributed by atoms with E-state index < -0.39 is 5.97 Å². The normalized spacial score (nSPS) is 10.4. The van der Waals surface area contributed by atoms with Crippen molar-refractivity contribution < 1.29 is 13.9 Å². The summed E-state index contributed by atoms with van der Waals surface area (Å²) >= 11 is 0. The van der Waals surface area contributed by atoms with Gasteiger partial charge in [-0.1, -0.05) is 12.1 Å². The Kier molecular flexibility index (Phi) is 3.19. The third-order valence-electron chi connectivity index (χ3n) is 2.88. The fraction of sp³-hybridized carbons (Fsp3) is 0.286. The van der Waals surface area contributed by atoms with Gasteiger partial charge in [-0.2, -0.15) is 0 Å². The predicted molar refractivity (Wildman–Crippen MR) is 67.5 cm³/mol. The van der Waals surface area contributed by atoms with Crippen LogP contribution < -0.4 is 0 Å². The van der Waals surface area contributed by atoms with Crippen molar-refractivity contribution in [3.8, 4) is 11.3 Å². The molecule has 0 bridgehead atoms. The molecule has 4 nitrogen and oxygen atoms in total. The second kappa shape index (κ2) is 4.64. The second-order valence-electron chi connectivity index (χ2n) is 4.20. The summed E-state index contributed by atoms with van der Waals surface area (Å²) in [6.45, 7) is 5.75. The molecular formula is C14H15NO3. The average molecular weight is 245 g/mol. The molecule has 18 heavy (non-hydrogen) atoms. The Bertz CT molecular complexity index is 599. The molecule has 1 heterocycles. The van der Waals surface area contributed by atoms with E-state index in [1.165, 1.54) is 12.7 Å². The van der Waals surface area contributed by atoms with Crippen molar-refractivity contribution in [1.29, 1.82) is 0 Å². The predicted octanol–water partition coefficient (Wildman–Crippen LogP) is 3.05. The number of oxazole rings is 1. The van der Waals surface area contributed by atoms with Crippen LogP contribution in [0.1, 0.15) is 27.5 Å². The fourth-order valence-corrected chi connectivity index (χ4v) is 1.74. The van der Waals surface area contributed by atoms with E-state index in [0.29, 0.717) is 11.7 Å². The summed E-state index contributed by atoms with van der Waals surface area (Å²) in [5, 5.41) is 0. The van der Waals surface area contributed by atoms with Crippen LogP contribution in [0, 0.1) is 20.8 Å². The van der Waals surface area contributed by atoms with Crippen LogP contribution >= 0.6 is 0 Å². The number of carbonyl (C=O) groups is 1. The maximum Gasteiger partial charge on any atom is 0.360 e. The van der Waals surface area contributed by atoms with Gasteiger partial charge in [-0.25, -0.2) is 9.78 Å². The van der Waals surface area contributed by atoms with Gasteiger partial charge in [0.05, 0.1) is 7.11 Å². The van der Waals surface area contributed by atoms with Crippen LogP contribution in [0.25, 0.3) is 11.3 Å². The minimum absolute atomic E-state index is 0.221. The summed E-state index contributed by atoms with van der Waals surface area (Å²) in [6, 6.07) is 5.88. The zero-order valence-electron chi connectivity index (χ0n) is 10.9. The minimum Gasteiger partial charge on any atom is -0.464 e. The van der Waals surface area contributed by atoms with Gasteiger partial charge in [0.15, 0.2) is 17.3 Å². The zero-order chi connectivity index (χ0) is 13.3. The molecule has 0 aliphatic carbocycles. The Morgan fingerprint density at radius 3 is 2.56 bits per heavy atom. The molecule has 0 spiro atoms. The van der Waals surface area contributed by atoms with Gasteiger partial charge in [-0.3, -0.25) is 0 Å².